The van der Waals surface area contributed by atoms with Gasteiger partial charge in [0, 0.05) is 32.2 Å². The largest absolute Gasteiger partial charge is 0.382 e. The average molecular weight is 294 g/mol. The fourth-order valence-corrected chi connectivity index (χ4v) is 2.27. The summed E-state index contributed by atoms with van der Waals surface area (Å²) >= 11 is 6.22. The third kappa shape index (κ3) is 3.74. The molecule has 0 amide bonds. The zero-order valence-electron chi connectivity index (χ0n) is 11.9. The van der Waals surface area contributed by atoms with Crippen LogP contribution in [0.2, 0.25) is 5.02 Å². The Kier molecular flexibility index (Phi) is 5.44. The minimum absolute atomic E-state index is 0.703. The Bertz CT molecular complexity index is 534. The molecule has 2 rings (SSSR count). The quantitative estimate of drug-likeness (QED) is 0.784. The molecule has 5 heteroatoms. The maximum Gasteiger partial charge on any atom is 0.207 e. The van der Waals surface area contributed by atoms with Crippen LogP contribution in [-0.4, -0.2) is 22.8 Å². The first-order valence-corrected chi connectivity index (χ1v) is 7.21. The molecule has 0 bridgehead atoms. The number of aromatic nitrogens is 2. The maximum absolute atomic E-state index is 6.22. The summed E-state index contributed by atoms with van der Waals surface area (Å²) in [7, 11) is 0. The fraction of sp³-hybridized carbons (Fsp3) is 0.400. The molecule has 1 aromatic heterocycles. The van der Waals surface area contributed by atoms with Crippen molar-refractivity contribution in [2.75, 3.05) is 18.5 Å². The molecule has 108 valence electrons. The molecular weight excluding hydrogens is 274 g/mol. The van der Waals surface area contributed by atoms with Gasteiger partial charge < -0.3 is 14.6 Å². The molecule has 2 aromatic rings. The predicted molar refractivity (Wildman–Crippen MR) is 82.8 cm³/mol. The highest BCUT2D eigenvalue weighted by atomic mass is 35.5. The third-order valence-corrected chi connectivity index (χ3v) is 3.38. The van der Waals surface area contributed by atoms with E-state index in [-0.39, 0.29) is 0 Å². The van der Waals surface area contributed by atoms with E-state index in [0.29, 0.717) is 5.02 Å². The molecular formula is C15H20ClN3O. The van der Waals surface area contributed by atoms with E-state index in [4.69, 9.17) is 16.3 Å². The molecule has 0 fully saturated rings. The topological polar surface area (TPSA) is 39.1 Å². The van der Waals surface area contributed by atoms with Crippen LogP contribution in [0.1, 0.15) is 18.9 Å². The number of rotatable bonds is 7. The van der Waals surface area contributed by atoms with Crippen LogP contribution < -0.4 is 5.32 Å². The van der Waals surface area contributed by atoms with Crippen LogP contribution in [0.25, 0.3) is 0 Å². The molecule has 0 spiro atoms. The fourth-order valence-electron chi connectivity index (χ4n) is 2.00. The highest BCUT2D eigenvalue weighted by Crippen LogP contribution is 2.28. The van der Waals surface area contributed by atoms with Gasteiger partial charge in [0.25, 0.3) is 0 Å². The van der Waals surface area contributed by atoms with Gasteiger partial charge in [0.2, 0.25) is 5.95 Å². The van der Waals surface area contributed by atoms with Gasteiger partial charge in [0.15, 0.2) is 0 Å². The number of nitrogens with one attached hydrogen (secondary N) is 1. The molecule has 0 aliphatic heterocycles. The van der Waals surface area contributed by atoms with E-state index in [1.54, 1.807) is 6.20 Å². The van der Waals surface area contributed by atoms with Gasteiger partial charge in [0.05, 0.1) is 10.7 Å². The van der Waals surface area contributed by atoms with Crippen LogP contribution in [0.5, 0.6) is 0 Å². The average Bonchev–Trinajstić information content (AvgIpc) is 2.87. The second-order valence-corrected chi connectivity index (χ2v) is 4.96. The molecule has 0 aliphatic rings. The van der Waals surface area contributed by atoms with E-state index >= 15 is 0 Å². The minimum atomic E-state index is 0.703. The van der Waals surface area contributed by atoms with Crippen LogP contribution in [0.3, 0.4) is 0 Å². The lowest BCUT2D eigenvalue weighted by atomic mass is 10.2. The number of benzene rings is 1. The van der Waals surface area contributed by atoms with Gasteiger partial charge in [-0.25, -0.2) is 4.98 Å². The number of aryl methyl sites for hydroxylation is 2. The van der Waals surface area contributed by atoms with Crippen LogP contribution in [-0.2, 0) is 11.3 Å². The number of para-hydroxylation sites is 1. The Morgan fingerprint density at radius 3 is 3.00 bits per heavy atom. The molecule has 1 heterocycles. The van der Waals surface area contributed by atoms with Crippen LogP contribution in [0.15, 0.2) is 30.6 Å². The van der Waals surface area contributed by atoms with Crippen LogP contribution in [0, 0.1) is 6.92 Å². The summed E-state index contributed by atoms with van der Waals surface area (Å²) < 4.78 is 7.42. The summed E-state index contributed by atoms with van der Waals surface area (Å²) in [5, 5.41) is 4.01. The Labute approximate surface area is 124 Å². The summed E-state index contributed by atoms with van der Waals surface area (Å²) in [6.45, 7) is 6.42. The van der Waals surface area contributed by atoms with Gasteiger partial charge in [-0.2, -0.15) is 0 Å². The van der Waals surface area contributed by atoms with Crippen molar-refractivity contribution in [1.29, 1.82) is 0 Å². The highest BCUT2D eigenvalue weighted by Gasteiger charge is 2.08. The third-order valence-electron chi connectivity index (χ3n) is 3.07. The highest BCUT2D eigenvalue weighted by molar-refractivity contribution is 6.33. The number of ether oxygens (including phenoxy) is 1. The Morgan fingerprint density at radius 1 is 1.40 bits per heavy atom. The Morgan fingerprint density at radius 2 is 2.25 bits per heavy atom. The van der Waals surface area contributed by atoms with E-state index in [9.17, 15) is 0 Å². The number of halogens is 1. The lowest BCUT2D eigenvalue weighted by molar-refractivity contribution is 0.142. The number of hydrogen-bond donors (Lipinski definition) is 1. The number of anilines is 2. The molecule has 0 atom stereocenters. The molecule has 0 aliphatic carbocycles. The van der Waals surface area contributed by atoms with Gasteiger partial charge in [-0.05, 0) is 31.9 Å². The molecule has 4 nitrogen and oxygen atoms in total. The zero-order valence-corrected chi connectivity index (χ0v) is 12.7. The summed E-state index contributed by atoms with van der Waals surface area (Å²) in [6.07, 6.45) is 4.70. The standard InChI is InChI=1S/C15H20ClN3O/c1-3-20-11-5-9-19-10-8-17-15(19)18-14-12(2)6-4-7-13(14)16/h4,6-8,10H,3,5,9,11H2,1-2H3,(H,17,18). The number of nitrogens with zero attached hydrogens (tertiary/aromatic N) is 2. The van der Waals surface area contributed by atoms with Crippen molar-refractivity contribution in [3.8, 4) is 0 Å². The Balaban J connectivity index is 2.05. The molecule has 0 radical (unpaired) electrons. The van der Waals surface area contributed by atoms with Gasteiger partial charge in [-0.3, -0.25) is 0 Å². The molecule has 20 heavy (non-hydrogen) atoms. The second kappa shape index (κ2) is 7.31. The number of hydrogen-bond acceptors (Lipinski definition) is 3. The van der Waals surface area contributed by atoms with E-state index in [1.165, 1.54) is 0 Å². The van der Waals surface area contributed by atoms with Gasteiger partial charge in [-0.15, -0.1) is 0 Å². The maximum atomic E-state index is 6.22. The van der Waals surface area contributed by atoms with Crippen molar-refractivity contribution in [1.82, 2.24) is 9.55 Å². The number of imidazole rings is 1. The summed E-state index contributed by atoms with van der Waals surface area (Å²) in [6, 6.07) is 5.84. The monoisotopic (exact) mass is 293 g/mol. The van der Waals surface area contributed by atoms with Crippen molar-refractivity contribution >= 4 is 23.2 Å². The Hall–Kier alpha value is -1.52. The lowest BCUT2D eigenvalue weighted by Gasteiger charge is -2.13. The van der Waals surface area contributed by atoms with Crippen molar-refractivity contribution in [2.24, 2.45) is 0 Å². The van der Waals surface area contributed by atoms with Gasteiger partial charge in [-0.1, -0.05) is 23.7 Å². The van der Waals surface area contributed by atoms with Crippen molar-refractivity contribution < 1.29 is 4.74 Å². The molecule has 0 saturated heterocycles. The normalized spacial score (nSPS) is 10.8. The van der Waals surface area contributed by atoms with E-state index in [1.807, 2.05) is 38.2 Å². The zero-order chi connectivity index (χ0) is 14.4. The predicted octanol–water partition coefficient (Wildman–Crippen LogP) is 4.02. The summed E-state index contributed by atoms with van der Waals surface area (Å²) in [5.74, 6) is 0.803. The van der Waals surface area contributed by atoms with E-state index < -0.39 is 0 Å². The molecule has 0 unspecified atom stereocenters. The molecule has 0 saturated carbocycles. The SMILES string of the molecule is CCOCCCn1ccnc1Nc1c(C)cccc1Cl. The van der Waals surface area contributed by atoms with Crippen LogP contribution in [0.4, 0.5) is 11.6 Å². The van der Waals surface area contributed by atoms with Crippen molar-refractivity contribution in [2.45, 2.75) is 26.8 Å². The van der Waals surface area contributed by atoms with Crippen molar-refractivity contribution in [3.05, 3.63) is 41.2 Å². The van der Waals surface area contributed by atoms with Crippen LogP contribution >= 0.6 is 11.6 Å². The van der Waals surface area contributed by atoms with E-state index in [2.05, 4.69) is 14.9 Å². The summed E-state index contributed by atoms with van der Waals surface area (Å²) in [5.41, 5.74) is 2.01. The first-order valence-electron chi connectivity index (χ1n) is 6.83. The molecule has 1 aromatic carbocycles. The first-order chi connectivity index (χ1) is 9.72. The van der Waals surface area contributed by atoms with Gasteiger partial charge in [0.1, 0.15) is 0 Å². The lowest BCUT2D eigenvalue weighted by Crippen LogP contribution is -2.06. The smallest absolute Gasteiger partial charge is 0.207 e. The van der Waals surface area contributed by atoms with E-state index in [0.717, 1.165) is 43.4 Å². The second-order valence-electron chi connectivity index (χ2n) is 4.55. The summed E-state index contributed by atoms with van der Waals surface area (Å²) in [4.78, 5) is 4.34. The minimum Gasteiger partial charge on any atom is -0.382 e. The van der Waals surface area contributed by atoms with Gasteiger partial charge >= 0.3 is 0 Å². The molecule has 1 N–H and O–H groups in total. The first kappa shape index (κ1) is 14.9. The van der Waals surface area contributed by atoms with Crippen molar-refractivity contribution in [3.63, 3.8) is 0 Å².